The molecule has 0 atom stereocenters. The van der Waals surface area contributed by atoms with Gasteiger partial charge in [-0.05, 0) is 42.3 Å². The van der Waals surface area contributed by atoms with Crippen LogP contribution in [0.4, 0.5) is 5.69 Å². The third-order valence-corrected chi connectivity index (χ3v) is 7.34. The smallest absolute Gasteiger partial charge is 0.413 e. The van der Waals surface area contributed by atoms with Crippen LogP contribution in [0.5, 0.6) is 11.5 Å². The number of aryl methyl sites for hydroxylation is 1. The van der Waals surface area contributed by atoms with Crippen molar-refractivity contribution in [2.45, 2.75) is 25.4 Å². The van der Waals surface area contributed by atoms with Gasteiger partial charge in [0, 0.05) is 29.7 Å². The Morgan fingerprint density at radius 1 is 1.09 bits per heavy atom. The van der Waals surface area contributed by atoms with Crippen LogP contribution in [0.1, 0.15) is 24.0 Å². The van der Waals surface area contributed by atoms with Gasteiger partial charge in [0.2, 0.25) is 5.91 Å². The number of amides is 1. The highest BCUT2D eigenvalue weighted by atomic mass is 31.2. The summed E-state index contributed by atoms with van der Waals surface area (Å²) < 4.78 is 27.0. The Morgan fingerprint density at radius 2 is 1.82 bits per heavy atom. The molecule has 0 unspecified atom stereocenters. The topological polar surface area (TPSA) is 112 Å². The molecule has 0 radical (unpaired) electrons. The fraction of sp³-hybridized carbons (Fsp3) is 0.333. The van der Waals surface area contributed by atoms with Gasteiger partial charge in [-0.3, -0.25) is 4.79 Å². The monoisotopic (exact) mass is 487 g/mol. The van der Waals surface area contributed by atoms with Crippen molar-refractivity contribution in [3.8, 4) is 22.8 Å². The standard InChI is InChI=1S/C24H27N2O7P/c1-29-21-10-6-18(14-22(21)30-2)24-19(15-25-33-24)7-11-23(27)26-20-8-4-17(5-9-20)16-34(28)31-12-3-13-32-34/h4-6,8-10,14-15,28H,3,7,11-13,16H2,1-2H3/p+1. The lowest BCUT2D eigenvalue weighted by Crippen LogP contribution is -2.14. The van der Waals surface area contributed by atoms with Gasteiger partial charge in [-0.15, -0.1) is 0 Å². The molecular weight excluding hydrogens is 459 g/mol. The number of carbonyl (C=O) groups excluding carboxylic acids is 1. The molecule has 1 fully saturated rings. The second kappa shape index (κ2) is 11.0. The molecule has 1 saturated heterocycles. The maximum absolute atomic E-state index is 12.5. The number of aromatic nitrogens is 1. The lowest BCUT2D eigenvalue weighted by Gasteiger charge is -2.21. The van der Waals surface area contributed by atoms with Crippen molar-refractivity contribution in [3.63, 3.8) is 0 Å². The van der Waals surface area contributed by atoms with Gasteiger partial charge < -0.3 is 19.3 Å². The fourth-order valence-electron chi connectivity index (χ4n) is 3.65. The second-order valence-electron chi connectivity index (χ2n) is 7.81. The summed E-state index contributed by atoms with van der Waals surface area (Å²) in [7, 11) is 0.323. The van der Waals surface area contributed by atoms with Crippen molar-refractivity contribution < 1.29 is 32.7 Å². The van der Waals surface area contributed by atoms with E-state index in [1.165, 1.54) is 0 Å². The number of ether oxygens (including phenoxy) is 2. The lowest BCUT2D eigenvalue weighted by atomic mass is 10.0. The van der Waals surface area contributed by atoms with Gasteiger partial charge in [-0.2, -0.15) is 13.9 Å². The fourth-order valence-corrected chi connectivity index (χ4v) is 5.41. The van der Waals surface area contributed by atoms with Crippen LogP contribution in [0.2, 0.25) is 0 Å². The van der Waals surface area contributed by atoms with Crippen molar-refractivity contribution in [2.75, 3.05) is 32.8 Å². The van der Waals surface area contributed by atoms with Gasteiger partial charge in [-0.1, -0.05) is 17.3 Å². The molecule has 2 aromatic carbocycles. The second-order valence-corrected chi connectivity index (χ2v) is 9.92. The molecule has 1 amide bonds. The Morgan fingerprint density at radius 3 is 2.53 bits per heavy atom. The predicted octanol–water partition coefficient (Wildman–Crippen LogP) is 4.62. The zero-order valence-electron chi connectivity index (χ0n) is 19.2. The molecule has 34 heavy (non-hydrogen) atoms. The third-order valence-electron chi connectivity index (χ3n) is 5.41. The first-order chi connectivity index (χ1) is 16.5. The molecule has 10 heteroatoms. The van der Waals surface area contributed by atoms with Crippen molar-refractivity contribution in [1.29, 1.82) is 0 Å². The molecule has 180 valence electrons. The summed E-state index contributed by atoms with van der Waals surface area (Å²) in [6.07, 6.45) is 3.46. The first-order valence-electron chi connectivity index (χ1n) is 10.9. The molecule has 2 N–H and O–H groups in total. The molecule has 4 rings (SSSR count). The highest BCUT2D eigenvalue weighted by Crippen LogP contribution is 2.61. The molecule has 0 spiro atoms. The Kier molecular flexibility index (Phi) is 7.80. The van der Waals surface area contributed by atoms with Crippen LogP contribution in [-0.2, 0) is 26.4 Å². The Hall–Kier alpha value is -2.97. The molecule has 1 aliphatic heterocycles. The summed E-state index contributed by atoms with van der Waals surface area (Å²) in [6, 6.07) is 12.8. The first-order valence-corrected chi connectivity index (χ1v) is 12.7. The zero-order valence-corrected chi connectivity index (χ0v) is 20.0. The minimum Gasteiger partial charge on any atom is -0.493 e. The number of rotatable bonds is 9. The average molecular weight is 487 g/mol. The summed E-state index contributed by atoms with van der Waals surface area (Å²) in [5, 5.41) is 6.80. The van der Waals surface area contributed by atoms with Gasteiger partial charge in [0.15, 0.2) is 23.4 Å². The first kappa shape index (κ1) is 24.2. The number of hydrogen-bond donors (Lipinski definition) is 2. The Labute approximate surface area is 198 Å². The van der Waals surface area contributed by atoms with Crippen LogP contribution >= 0.6 is 7.94 Å². The Bertz CT molecular complexity index is 1110. The van der Waals surface area contributed by atoms with E-state index in [9.17, 15) is 9.69 Å². The van der Waals surface area contributed by atoms with Crippen molar-refractivity contribution in [2.24, 2.45) is 0 Å². The van der Waals surface area contributed by atoms with E-state index in [2.05, 4.69) is 10.5 Å². The van der Waals surface area contributed by atoms with Gasteiger partial charge in [0.1, 0.15) is 0 Å². The molecule has 2 heterocycles. The lowest BCUT2D eigenvalue weighted by molar-refractivity contribution is -0.116. The molecule has 3 aromatic rings. The number of nitrogens with zero attached hydrogens (tertiary/aromatic N) is 1. The van der Waals surface area contributed by atoms with Gasteiger partial charge in [-0.25, -0.2) is 0 Å². The van der Waals surface area contributed by atoms with Crippen LogP contribution in [0, 0.1) is 0 Å². The molecular formula is C24H28N2O7P+. The van der Waals surface area contributed by atoms with Crippen LogP contribution in [0.15, 0.2) is 53.2 Å². The predicted molar refractivity (Wildman–Crippen MR) is 128 cm³/mol. The van der Waals surface area contributed by atoms with E-state index in [1.54, 1.807) is 38.6 Å². The summed E-state index contributed by atoms with van der Waals surface area (Å²) in [4.78, 5) is 23.0. The third kappa shape index (κ3) is 5.93. The summed E-state index contributed by atoms with van der Waals surface area (Å²) in [6.45, 7) is 1.02. The molecule has 0 bridgehead atoms. The molecule has 1 aromatic heterocycles. The largest absolute Gasteiger partial charge is 0.493 e. The summed E-state index contributed by atoms with van der Waals surface area (Å²) >= 11 is 0. The number of hydrogen-bond acceptors (Lipinski definition) is 8. The van der Waals surface area contributed by atoms with Crippen LogP contribution < -0.4 is 14.8 Å². The van der Waals surface area contributed by atoms with E-state index in [1.807, 2.05) is 24.3 Å². The quantitative estimate of drug-likeness (QED) is 0.421. The van der Waals surface area contributed by atoms with E-state index in [0.717, 1.165) is 23.1 Å². The van der Waals surface area contributed by atoms with Gasteiger partial charge >= 0.3 is 7.94 Å². The summed E-state index contributed by atoms with van der Waals surface area (Å²) in [5.41, 5.74) is 3.17. The normalized spacial score (nSPS) is 15.0. The van der Waals surface area contributed by atoms with E-state index in [-0.39, 0.29) is 12.3 Å². The van der Waals surface area contributed by atoms with Crippen LogP contribution in [0.25, 0.3) is 11.3 Å². The van der Waals surface area contributed by atoms with Crippen molar-refractivity contribution in [1.82, 2.24) is 5.16 Å². The molecule has 0 aliphatic carbocycles. The molecule has 0 saturated carbocycles. The minimum absolute atomic E-state index is 0.128. The number of benzene rings is 2. The van der Waals surface area contributed by atoms with Crippen LogP contribution in [-0.4, -0.2) is 43.4 Å². The molecule has 1 aliphatic rings. The Balaban J connectivity index is 1.33. The number of methoxy groups -OCH3 is 2. The van der Waals surface area contributed by atoms with Crippen LogP contribution in [0.3, 0.4) is 0 Å². The molecule has 9 nitrogen and oxygen atoms in total. The summed E-state index contributed by atoms with van der Waals surface area (Å²) in [5.74, 6) is 1.66. The van der Waals surface area contributed by atoms with Gasteiger partial charge in [0.05, 0.1) is 33.6 Å². The average Bonchev–Trinajstić information content (AvgIpc) is 3.32. The van der Waals surface area contributed by atoms with Crippen molar-refractivity contribution in [3.05, 3.63) is 59.8 Å². The highest BCUT2D eigenvalue weighted by Gasteiger charge is 2.43. The number of carbonyl (C=O) groups is 1. The van der Waals surface area contributed by atoms with Gasteiger partial charge in [0.25, 0.3) is 0 Å². The highest BCUT2D eigenvalue weighted by molar-refractivity contribution is 7.59. The minimum atomic E-state index is -2.82. The zero-order chi connectivity index (χ0) is 24.0. The number of anilines is 1. The maximum atomic E-state index is 12.5. The SMILES string of the molecule is COc1ccc(-c2oncc2CCC(=O)Nc2ccc(C[P+]3(O)OCCCO3)cc2)cc1OC. The van der Waals surface area contributed by atoms with E-state index >= 15 is 0 Å². The van der Waals surface area contributed by atoms with Crippen molar-refractivity contribution >= 4 is 19.5 Å². The van der Waals surface area contributed by atoms with E-state index in [0.29, 0.717) is 48.7 Å². The van der Waals surface area contributed by atoms with E-state index in [4.69, 9.17) is 23.0 Å². The maximum Gasteiger partial charge on any atom is 0.413 e. The number of nitrogens with one attached hydrogen (secondary N) is 1. The van der Waals surface area contributed by atoms with E-state index < -0.39 is 7.94 Å².